The molecule has 3 aromatic rings. The van der Waals surface area contributed by atoms with Gasteiger partial charge >= 0.3 is 0 Å². The number of piperazine rings is 1. The summed E-state index contributed by atoms with van der Waals surface area (Å²) in [5, 5.41) is 9.12. The number of ether oxygens (including phenoxy) is 2. The van der Waals surface area contributed by atoms with Crippen molar-refractivity contribution < 1.29 is 28.2 Å². The van der Waals surface area contributed by atoms with E-state index >= 15 is 0 Å². The Balaban J connectivity index is 1.12. The summed E-state index contributed by atoms with van der Waals surface area (Å²) >= 11 is 0. The first kappa shape index (κ1) is 26.7. The molecule has 11 heteroatoms. The van der Waals surface area contributed by atoms with Gasteiger partial charge in [-0.2, -0.15) is 0 Å². The smallest absolute Gasteiger partial charge is 0.248 e. The van der Waals surface area contributed by atoms with Gasteiger partial charge in [0.2, 0.25) is 17.7 Å². The quantitative estimate of drug-likeness (QED) is 0.439. The number of benzene rings is 2. The number of aromatic nitrogens is 1. The molecule has 3 N–H and O–H groups in total. The molecule has 1 aromatic heterocycles. The number of anilines is 2. The molecule has 3 aliphatic heterocycles. The number of pyridine rings is 1. The number of amides is 3. The van der Waals surface area contributed by atoms with E-state index in [1.165, 1.54) is 17.0 Å². The lowest BCUT2D eigenvalue weighted by Crippen LogP contribution is -2.69. The molecule has 2 aromatic carbocycles. The van der Waals surface area contributed by atoms with Crippen LogP contribution in [0.1, 0.15) is 28.3 Å². The van der Waals surface area contributed by atoms with Crippen LogP contribution in [-0.4, -0.2) is 72.7 Å². The first-order valence-corrected chi connectivity index (χ1v) is 14.0. The summed E-state index contributed by atoms with van der Waals surface area (Å²) in [5.41, 5.74) is 2.22. The van der Waals surface area contributed by atoms with Crippen LogP contribution in [0, 0.1) is 5.82 Å². The van der Waals surface area contributed by atoms with Gasteiger partial charge in [0.25, 0.3) is 0 Å². The highest BCUT2D eigenvalue weighted by Crippen LogP contribution is 2.47. The summed E-state index contributed by atoms with van der Waals surface area (Å²) in [6.07, 6.45) is 2.71. The molecule has 0 radical (unpaired) electrons. The number of hydrogen-bond acceptors (Lipinski definition) is 7. The second-order valence-electron chi connectivity index (χ2n) is 11.4. The van der Waals surface area contributed by atoms with E-state index in [2.05, 4.69) is 20.9 Å². The van der Waals surface area contributed by atoms with Crippen LogP contribution in [0.3, 0.4) is 0 Å². The van der Waals surface area contributed by atoms with Crippen molar-refractivity contribution in [2.75, 3.05) is 50.2 Å². The maximum absolute atomic E-state index is 14.2. The molecule has 2 fully saturated rings. The Morgan fingerprint density at radius 2 is 1.86 bits per heavy atom. The molecule has 0 saturated carbocycles. The van der Waals surface area contributed by atoms with Gasteiger partial charge in [-0.05, 0) is 59.9 Å². The molecule has 1 unspecified atom stereocenters. The van der Waals surface area contributed by atoms with Crippen LogP contribution in [-0.2, 0) is 42.1 Å². The summed E-state index contributed by atoms with van der Waals surface area (Å²) in [6, 6.07) is 14.9. The maximum atomic E-state index is 14.2. The fourth-order valence-electron chi connectivity index (χ4n) is 6.67. The van der Waals surface area contributed by atoms with Gasteiger partial charge in [0.15, 0.2) is 0 Å². The van der Waals surface area contributed by atoms with Crippen molar-refractivity contribution in [1.29, 1.82) is 0 Å². The van der Waals surface area contributed by atoms with Gasteiger partial charge < -0.3 is 25.0 Å². The van der Waals surface area contributed by atoms with Gasteiger partial charge in [0.1, 0.15) is 23.7 Å². The maximum Gasteiger partial charge on any atom is 0.248 e. The molecule has 42 heavy (non-hydrogen) atoms. The van der Waals surface area contributed by atoms with E-state index in [-0.39, 0.29) is 31.6 Å². The van der Waals surface area contributed by atoms with Gasteiger partial charge in [-0.3, -0.25) is 19.7 Å². The summed E-state index contributed by atoms with van der Waals surface area (Å²) < 4.78 is 25.5. The van der Waals surface area contributed by atoms with Crippen LogP contribution in [0.4, 0.5) is 15.9 Å². The number of nitrogens with zero attached hydrogens (tertiary/aromatic N) is 2. The van der Waals surface area contributed by atoms with E-state index in [9.17, 15) is 18.8 Å². The summed E-state index contributed by atoms with van der Waals surface area (Å²) in [6.45, 7) is 1.01. The largest absolute Gasteiger partial charge is 0.376 e. The van der Waals surface area contributed by atoms with Gasteiger partial charge in [-0.15, -0.1) is 0 Å². The van der Waals surface area contributed by atoms with Crippen LogP contribution in [0.25, 0.3) is 0 Å². The molecule has 4 aliphatic rings. The fraction of sp³-hybridized carbons (Fsp3) is 0.355. The normalized spacial score (nSPS) is 24.3. The summed E-state index contributed by atoms with van der Waals surface area (Å²) in [5.74, 6) is -0.622. The molecule has 216 valence electrons. The van der Waals surface area contributed by atoms with Crippen LogP contribution >= 0.6 is 0 Å². The molecule has 4 heterocycles. The molecule has 7 rings (SSSR count). The Labute approximate surface area is 241 Å². The van der Waals surface area contributed by atoms with Crippen LogP contribution in [0.15, 0.2) is 60.8 Å². The van der Waals surface area contributed by atoms with E-state index < -0.39 is 28.7 Å². The van der Waals surface area contributed by atoms with Crippen LogP contribution < -0.4 is 16.0 Å². The Morgan fingerprint density at radius 3 is 2.67 bits per heavy atom. The molecule has 2 atom stereocenters. The molecule has 2 spiro atoms. The number of nitrogens with one attached hydrogen (secondary N) is 3. The van der Waals surface area contributed by atoms with Crippen molar-refractivity contribution in [2.24, 2.45) is 0 Å². The molecule has 1 aliphatic carbocycles. The van der Waals surface area contributed by atoms with Crippen molar-refractivity contribution in [3.05, 3.63) is 88.9 Å². The third-order valence-corrected chi connectivity index (χ3v) is 8.76. The Hall–Kier alpha value is -4.19. The number of halogens is 1. The zero-order chi connectivity index (χ0) is 28.9. The van der Waals surface area contributed by atoms with Crippen molar-refractivity contribution in [3.8, 4) is 0 Å². The van der Waals surface area contributed by atoms with Crippen LogP contribution in [0.2, 0.25) is 0 Å². The fourth-order valence-corrected chi connectivity index (χ4v) is 6.67. The minimum Gasteiger partial charge on any atom is -0.376 e. The SMILES string of the molecule is O=C(CN1C(=O)C2(COCCOC2)NCC1c1cccc(F)c1)Nc1ccc2c(c1)C[C@@]1(C2)C(=O)Nc2ncccc21. The van der Waals surface area contributed by atoms with Crippen molar-refractivity contribution in [3.63, 3.8) is 0 Å². The lowest BCUT2D eigenvalue weighted by Gasteiger charge is -2.45. The number of hydrogen-bond donors (Lipinski definition) is 3. The molecular formula is C31H30FN5O5. The number of rotatable bonds is 4. The Bertz CT molecular complexity index is 1590. The zero-order valence-corrected chi connectivity index (χ0v) is 22.8. The molecular weight excluding hydrogens is 541 g/mol. The number of carbonyl (C=O) groups is 3. The minimum absolute atomic E-state index is 0.0704. The van der Waals surface area contributed by atoms with Gasteiger partial charge in [0, 0.05) is 24.0 Å². The topological polar surface area (TPSA) is 122 Å². The molecule has 2 saturated heterocycles. The minimum atomic E-state index is -1.13. The van der Waals surface area contributed by atoms with E-state index in [0.717, 1.165) is 16.7 Å². The van der Waals surface area contributed by atoms with E-state index in [4.69, 9.17) is 9.47 Å². The van der Waals surface area contributed by atoms with E-state index in [0.29, 0.717) is 49.7 Å². The van der Waals surface area contributed by atoms with Crippen molar-refractivity contribution >= 4 is 29.2 Å². The Morgan fingerprint density at radius 1 is 1.05 bits per heavy atom. The predicted molar refractivity (Wildman–Crippen MR) is 150 cm³/mol. The van der Waals surface area contributed by atoms with Gasteiger partial charge in [-0.25, -0.2) is 9.37 Å². The standard InChI is InChI=1S/C31H30FN5O5/c32-22-4-1-3-19(11-22)25-15-34-31(17-41-9-10-42-18-31)29(40)37(25)16-26(38)35-23-7-6-20-13-30(14-21(20)12-23)24-5-2-8-33-27(24)36-28(30)39/h1-8,11-12,25,34H,9-10,13-18H2,(H,35,38)(H,33,36,39)/t25?,30-/m1/s1. The third-order valence-electron chi connectivity index (χ3n) is 8.76. The highest BCUT2D eigenvalue weighted by molar-refractivity contribution is 6.06. The first-order valence-electron chi connectivity index (χ1n) is 14.0. The summed E-state index contributed by atoms with van der Waals surface area (Å²) in [4.78, 5) is 46.2. The monoisotopic (exact) mass is 571 g/mol. The van der Waals surface area contributed by atoms with E-state index in [1.807, 2.05) is 30.3 Å². The second-order valence-corrected chi connectivity index (χ2v) is 11.4. The number of fused-ring (bicyclic) bond motifs is 3. The average molecular weight is 572 g/mol. The van der Waals surface area contributed by atoms with E-state index in [1.54, 1.807) is 18.3 Å². The van der Waals surface area contributed by atoms with Crippen molar-refractivity contribution in [1.82, 2.24) is 15.2 Å². The second kappa shape index (κ2) is 10.3. The van der Waals surface area contributed by atoms with Crippen LogP contribution in [0.5, 0.6) is 0 Å². The molecule has 0 bridgehead atoms. The van der Waals surface area contributed by atoms with Gasteiger partial charge in [-0.1, -0.05) is 24.3 Å². The first-order chi connectivity index (χ1) is 20.4. The predicted octanol–water partition coefficient (Wildman–Crippen LogP) is 2.11. The number of carbonyl (C=O) groups excluding carboxylic acids is 3. The van der Waals surface area contributed by atoms with Crippen molar-refractivity contribution in [2.45, 2.75) is 29.8 Å². The highest BCUT2D eigenvalue weighted by atomic mass is 19.1. The average Bonchev–Trinajstić information content (AvgIpc) is 3.38. The lowest BCUT2D eigenvalue weighted by molar-refractivity contribution is -0.151. The lowest BCUT2D eigenvalue weighted by atomic mass is 9.79. The summed E-state index contributed by atoms with van der Waals surface area (Å²) in [7, 11) is 0. The zero-order valence-electron chi connectivity index (χ0n) is 22.8. The Kier molecular flexibility index (Phi) is 6.52. The molecule has 3 amide bonds. The molecule has 10 nitrogen and oxygen atoms in total. The third kappa shape index (κ3) is 4.44. The van der Waals surface area contributed by atoms with Gasteiger partial charge in [0.05, 0.1) is 37.9 Å². The highest BCUT2D eigenvalue weighted by Gasteiger charge is 2.51.